The molecule has 2 atom stereocenters. The summed E-state index contributed by atoms with van der Waals surface area (Å²) in [5, 5.41) is 15.7. The van der Waals surface area contributed by atoms with Gasteiger partial charge in [-0.3, -0.25) is 14.4 Å². The number of amides is 3. The van der Waals surface area contributed by atoms with Gasteiger partial charge in [-0.25, -0.2) is 0 Å². The standard InChI is InChI=1S/C11H15N3O4S/c1-6(10(17)13-5-7(15)9(12)16)14-11(18)8-3-2-4-19-8/h2-4,6-7,15H,5H2,1H3,(H2,12,16)(H,13,17)(H,14,18). The summed E-state index contributed by atoms with van der Waals surface area (Å²) in [6, 6.07) is 2.59. The number of nitrogens with two attached hydrogens (primary N) is 1. The zero-order valence-electron chi connectivity index (χ0n) is 10.3. The van der Waals surface area contributed by atoms with Gasteiger partial charge in [-0.05, 0) is 18.4 Å². The lowest BCUT2D eigenvalue weighted by molar-refractivity contribution is -0.127. The van der Waals surface area contributed by atoms with Crippen LogP contribution in [0, 0.1) is 0 Å². The Kier molecular flexibility index (Phi) is 5.46. The van der Waals surface area contributed by atoms with E-state index >= 15 is 0 Å². The van der Waals surface area contributed by atoms with Crippen LogP contribution in [0.4, 0.5) is 0 Å². The zero-order chi connectivity index (χ0) is 14.4. The van der Waals surface area contributed by atoms with E-state index in [1.54, 1.807) is 17.5 Å². The Labute approximate surface area is 113 Å². The minimum Gasteiger partial charge on any atom is -0.381 e. The first kappa shape index (κ1) is 15.1. The minimum absolute atomic E-state index is 0.284. The number of hydrogen-bond donors (Lipinski definition) is 4. The Morgan fingerprint density at radius 3 is 2.68 bits per heavy atom. The van der Waals surface area contributed by atoms with Crippen molar-refractivity contribution in [3.63, 3.8) is 0 Å². The zero-order valence-corrected chi connectivity index (χ0v) is 11.1. The van der Waals surface area contributed by atoms with E-state index < -0.39 is 24.0 Å². The Balaban J connectivity index is 2.41. The van der Waals surface area contributed by atoms with E-state index in [9.17, 15) is 14.4 Å². The third-order valence-corrected chi connectivity index (χ3v) is 3.15. The van der Waals surface area contributed by atoms with Crippen LogP contribution in [0.3, 0.4) is 0 Å². The molecule has 0 aliphatic heterocycles. The SMILES string of the molecule is CC(NC(=O)c1cccs1)C(=O)NCC(O)C(N)=O. The molecule has 0 radical (unpaired) electrons. The fourth-order valence-corrected chi connectivity index (χ4v) is 1.82. The molecular weight excluding hydrogens is 270 g/mol. The predicted molar refractivity (Wildman–Crippen MR) is 69.5 cm³/mol. The second-order valence-electron chi connectivity index (χ2n) is 3.84. The number of primary amides is 1. The van der Waals surface area contributed by atoms with Crippen LogP contribution in [-0.2, 0) is 9.59 Å². The van der Waals surface area contributed by atoms with Crippen LogP contribution in [0.5, 0.6) is 0 Å². The molecule has 2 unspecified atom stereocenters. The van der Waals surface area contributed by atoms with Crippen LogP contribution in [0.1, 0.15) is 16.6 Å². The molecule has 0 aliphatic carbocycles. The first-order chi connectivity index (χ1) is 8.91. The summed E-state index contributed by atoms with van der Waals surface area (Å²) in [5.41, 5.74) is 4.83. The molecule has 0 aliphatic rings. The third kappa shape index (κ3) is 4.68. The molecule has 7 nitrogen and oxygen atoms in total. The summed E-state index contributed by atoms with van der Waals surface area (Å²) in [7, 11) is 0. The van der Waals surface area contributed by atoms with Crippen LogP contribution in [-0.4, -0.2) is 41.5 Å². The lowest BCUT2D eigenvalue weighted by Crippen LogP contribution is -2.48. The summed E-state index contributed by atoms with van der Waals surface area (Å²) in [6.07, 6.45) is -1.44. The van der Waals surface area contributed by atoms with Crippen LogP contribution < -0.4 is 16.4 Å². The number of thiophene rings is 1. The van der Waals surface area contributed by atoms with Crippen molar-refractivity contribution in [2.75, 3.05) is 6.54 Å². The molecule has 1 aromatic rings. The Hall–Kier alpha value is -1.93. The number of carbonyl (C=O) groups is 3. The maximum atomic E-state index is 11.7. The Morgan fingerprint density at radius 2 is 2.16 bits per heavy atom. The van der Waals surface area contributed by atoms with Gasteiger partial charge < -0.3 is 21.5 Å². The number of carbonyl (C=O) groups excluding carboxylic acids is 3. The second-order valence-corrected chi connectivity index (χ2v) is 4.78. The number of aliphatic hydroxyl groups is 1. The Bertz CT molecular complexity index is 461. The fourth-order valence-electron chi connectivity index (χ4n) is 1.19. The van der Waals surface area contributed by atoms with Gasteiger partial charge in [0.1, 0.15) is 12.1 Å². The van der Waals surface area contributed by atoms with Crippen LogP contribution in [0.15, 0.2) is 17.5 Å². The molecule has 0 fully saturated rings. The highest BCUT2D eigenvalue weighted by atomic mass is 32.1. The first-order valence-corrected chi connectivity index (χ1v) is 6.39. The Morgan fingerprint density at radius 1 is 1.47 bits per heavy atom. The summed E-state index contributed by atoms with van der Waals surface area (Å²) in [4.78, 5) is 34.3. The average Bonchev–Trinajstić information content (AvgIpc) is 2.88. The lowest BCUT2D eigenvalue weighted by Gasteiger charge is -2.14. The topological polar surface area (TPSA) is 122 Å². The summed E-state index contributed by atoms with van der Waals surface area (Å²) in [5.74, 6) is -1.78. The molecule has 0 aromatic carbocycles. The monoisotopic (exact) mass is 285 g/mol. The van der Waals surface area contributed by atoms with E-state index in [-0.39, 0.29) is 12.5 Å². The van der Waals surface area contributed by atoms with Gasteiger partial charge in [-0.2, -0.15) is 0 Å². The average molecular weight is 285 g/mol. The molecule has 104 valence electrons. The molecule has 1 heterocycles. The van der Waals surface area contributed by atoms with Crippen molar-refractivity contribution >= 4 is 29.1 Å². The van der Waals surface area contributed by atoms with Gasteiger partial charge in [-0.15, -0.1) is 11.3 Å². The molecule has 5 N–H and O–H groups in total. The van der Waals surface area contributed by atoms with E-state index in [0.29, 0.717) is 4.88 Å². The van der Waals surface area contributed by atoms with Crippen molar-refractivity contribution in [1.29, 1.82) is 0 Å². The van der Waals surface area contributed by atoms with Crippen LogP contribution >= 0.6 is 11.3 Å². The summed E-state index contributed by atoms with van der Waals surface area (Å²) < 4.78 is 0. The fraction of sp³-hybridized carbons (Fsp3) is 0.364. The highest BCUT2D eigenvalue weighted by Gasteiger charge is 2.19. The second kappa shape index (κ2) is 6.86. The van der Waals surface area contributed by atoms with Crippen molar-refractivity contribution in [1.82, 2.24) is 10.6 Å². The third-order valence-electron chi connectivity index (χ3n) is 2.28. The highest BCUT2D eigenvalue weighted by molar-refractivity contribution is 7.12. The highest BCUT2D eigenvalue weighted by Crippen LogP contribution is 2.07. The summed E-state index contributed by atoms with van der Waals surface area (Å²) >= 11 is 1.26. The maximum Gasteiger partial charge on any atom is 0.261 e. The molecular formula is C11H15N3O4S. The van der Waals surface area contributed by atoms with Gasteiger partial charge in [0.2, 0.25) is 11.8 Å². The quantitative estimate of drug-likeness (QED) is 0.526. The molecule has 0 saturated carbocycles. The predicted octanol–water partition coefficient (Wildman–Crippen LogP) is -1.17. The van der Waals surface area contributed by atoms with Gasteiger partial charge >= 0.3 is 0 Å². The van der Waals surface area contributed by atoms with E-state index in [4.69, 9.17) is 10.8 Å². The van der Waals surface area contributed by atoms with Crippen molar-refractivity contribution in [2.45, 2.75) is 19.1 Å². The van der Waals surface area contributed by atoms with Gasteiger partial charge in [0.15, 0.2) is 0 Å². The van der Waals surface area contributed by atoms with Crippen molar-refractivity contribution in [2.24, 2.45) is 5.73 Å². The number of aliphatic hydroxyl groups excluding tert-OH is 1. The smallest absolute Gasteiger partial charge is 0.261 e. The minimum atomic E-state index is -1.44. The molecule has 0 bridgehead atoms. The molecule has 8 heteroatoms. The molecule has 3 amide bonds. The largest absolute Gasteiger partial charge is 0.381 e. The van der Waals surface area contributed by atoms with E-state index in [1.165, 1.54) is 18.3 Å². The molecule has 1 rings (SSSR count). The first-order valence-electron chi connectivity index (χ1n) is 5.51. The maximum absolute atomic E-state index is 11.7. The molecule has 19 heavy (non-hydrogen) atoms. The molecule has 0 spiro atoms. The molecule has 0 saturated heterocycles. The molecule has 1 aromatic heterocycles. The number of nitrogens with one attached hydrogen (secondary N) is 2. The van der Waals surface area contributed by atoms with Crippen molar-refractivity contribution < 1.29 is 19.5 Å². The van der Waals surface area contributed by atoms with Crippen LogP contribution in [0.25, 0.3) is 0 Å². The van der Waals surface area contributed by atoms with Gasteiger partial charge in [0.05, 0.1) is 11.4 Å². The number of rotatable bonds is 6. The number of hydrogen-bond acceptors (Lipinski definition) is 5. The van der Waals surface area contributed by atoms with Gasteiger partial charge in [-0.1, -0.05) is 6.07 Å². The summed E-state index contributed by atoms with van der Waals surface area (Å²) in [6.45, 7) is 1.21. The van der Waals surface area contributed by atoms with Crippen molar-refractivity contribution in [3.05, 3.63) is 22.4 Å². The normalized spacial score (nSPS) is 13.4. The van der Waals surface area contributed by atoms with Crippen LogP contribution in [0.2, 0.25) is 0 Å². The van der Waals surface area contributed by atoms with E-state index in [2.05, 4.69) is 10.6 Å². The van der Waals surface area contributed by atoms with Gasteiger partial charge in [0.25, 0.3) is 5.91 Å². The van der Waals surface area contributed by atoms with E-state index in [0.717, 1.165) is 0 Å². The lowest BCUT2D eigenvalue weighted by atomic mass is 10.2. The van der Waals surface area contributed by atoms with E-state index in [1.807, 2.05) is 0 Å². The van der Waals surface area contributed by atoms with Crippen molar-refractivity contribution in [3.8, 4) is 0 Å². The van der Waals surface area contributed by atoms with Gasteiger partial charge in [0, 0.05) is 0 Å².